The molecule has 1 aromatic carbocycles. The van der Waals surface area contributed by atoms with Gasteiger partial charge in [0, 0.05) is 18.7 Å². The molecule has 0 spiro atoms. The van der Waals surface area contributed by atoms with Crippen molar-refractivity contribution in [3.8, 4) is 5.75 Å². The molecule has 0 saturated heterocycles. The molecule has 4 nitrogen and oxygen atoms in total. The molecule has 0 radical (unpaired) electrons. The van der Waals surface area contributed by atoms with E-state index in [1.165, 1.54) is 0 Å². The third-order valence-corrected chi connectivity index (χ3v) is 3.88. The average molecular weight is 344 g/mol. The molecule has 112 valence electrons. The van der Waals surface area contributed by atoms with Crippen molar-refractivity contribution in [1.29, 1.82) is 0 Å². The van der Waals surface area contributed by atoms with Crippen LogP contribution >= 0.6 is 15.9 Å². The minimum absolute atomic E-state index is 0.0955. The van der Waals surface area contributed by atoms with E-state index in [2.05, 4.69) is 27.8 Å². The summed E-state index contributed by atoms with van der Waals surface area (Å²) >= 11 is 3.40. The number of ketones is 1. The van der Waals surface area contributed by atoms with Crippen LogP contribution in [0, 0.1) is 0 Å². The van der Waals surface area contributed by atoms with E-state index >= 15 is 0 Å². The highest BCUT2D eigenvalue weighted by atomic mass is 79.9. The number of Topliss-reactive ketones (excluding diaryl/α,β-unsaturated/α-hetero) is 1. The van der Waals surface area contributed by atoms with Crippen LogP contribution in [0.2, 0.25) is 0 Å². The van der Waals surface area contributed by atoms with Gasteiger partial charge in [-0.3, -0.25) is 9.69 Å². The zero-order chi connectivity index (χ0) is 15.1. The molecular formula is C15H22BrNO3. The molecule has 0 N–H and O–H groups in total. The van der Waals surface area contributed by atoms with Gasteiger partial charge in [-0.1, -0.05) is 6.92 Å². The van der Waals surface area contributed by atoms with E-state index in [-0.39, 0.29) is 11.8 Å². The maximum absolute atomic E-state index is 12.3. The van der Waals surface area contributed by atoms with Crippen LogP contribution in [0.4, 0.5) is 0 Å². The predicted molar refractivity (Wildman–Crippen MR) is 83.6 cm³/mol. The molecule has 0 amide bonds. The summed E-state index contributed by atoms with van der Waals surface area (Å²) in [5.41, 5.74) is 0.681. The fourth-order valence-corrected chi connectivity index (χ4v) is 2.58. The second kappa shape index (κ2) is 8.39. The van der Waals surface area contributed by atoms with Crippen LogP contribution in [0.25, 0.3) is 0 Å². The second-order valence-corrected chi connectivity index (χ2v) is 5.49. The Morgan fingerprint density at radius 3 is 2.60 bits per heavy atom. The summed E-state index contributed by atoms with van der Waals surface area (Å²) in [6.07, 6.45) is 0. The highest BCUT2D eigenvalue weighted by molar-refractivity contribution is 9.10. The van der Waals surface area contributed by atoms with Gasteiger partial charge in [0.2, 0.25) is 0 Å². The molecule has 1 atom stereocenters. The van der Waals surface area contributed by atoms with Gasteiger partial charge in [0.15, 0.2) is 5.78 Å². The second-order valence-electron chi connectivity index (χ2n) is 4.64. The molecule has 0 aliphatic rings. The van der Waals surface area contributed by atoms with Gasteiger partial charge < -0.3 is 9.47 Å². The van der Waals surface area contributed by atoms with Crippen LogP contribution in [0.3, 0.4) is 0 Å². The number of hydrogen-bond donors (Lipinski definition) is 0. The monoisotopic (exact) mass is 343 g/mol. The first-order valence-electron chi connectivity index (χ1n) is 6.63. The fraction of sp³-hybridized carbons (Fsp3) is 0.533. The summed E-state index contributed by atoms with van der Waals surface area (Å²) in [4.78, 5) is 14.4. The van der Waals surface area contributed by atoms with Gasteiger partial charge in [-0.05, 0) is 47.6 Å². The lowest BCUT2D eigenvalue weighted by molar-refractivity contribution is 0.0788. The zero-order valence-electron chi connectivity index (χ0n) is 12.5. The minimum Gasteiger partial charge on any atom is -0.496 e. The van der Waals surface area contributed by atoms with Gasteiger partial charge in [-0.25, -0.2) is 0 Å². The van der Waals surface area contributed by atoms with Crippen molar-refractivity contribution in [2.24, 2.45) is 0 Å². The van der Waals surface area contributed by atoms with Crippen molar-refractivity contribution in [2.75, 3.05) is 33.9 Å². The number of hydrogen-bond acceptors (Lipinski definition) is 4. The normalized spacial score (nSPS) is 12.5. The van der Waals surface area contributed by atoms with E-state index in [0.29, 0.717) is 18.7 Å². The Balaban J connectivity index is 2.76. The molecule has 0 aliphatic carbocycles. The van der Waals surface area contributed by atoms with E-state index < -0.39 is 0 Å². The predicted octanol–water partition coefficient (Wildman–Crippen LogP) is 3.00. The number of ether oxygens (including phenoxy) is 2. The molecule has 0 aliphatic heterocycles. The largest absolute Gasteiger partial charge is 0.496 e. The molecule has 0 bridgehead atoms. The Morgan fingerprint density at radius 1 is 1.40 bits per heavy atom. The maximum Gasteiger partial charge on any atom is 0.176 e. The van der Waals surface area contributed by atoms with Crippen molar-refractivity contribution >= 4 is 21.7 Å². The minimum atomic E-state index is 0.0955. The smallest absolute Gasteiger partial charge is 0.176 e. The third kappa shape index (κ3) is 4.58. The molecule has 0 fully saturated rings. The highest BCUT2D eigenvalue weighted by Crippen LogP contribution is 2.25. The van der Waals surface area contributed by atoms with Crippen LogP contribution < -0.4 is 4.74 Å². The van der Waals surface area contributed by atoms with Crippen molar-refractivity contribution in [3.63, 3.8) is 0 Å². The first-order valence-corrected chi connectivity index (χ1v) is 7.42. The number of likely N-dealkylation sites (N-methyl/N-ethyl adjacent to an activating group) is 1. The number of methoxy groups -OCH3 is 2. The first-order chi connectivity index (χ1) is 9.53. The Labute approximate surface area is 129 Å². The fourth-order valence-electron chi connectivity index (χ4n) is 2.04. The Morgan fingerprint density at radius 2 is 2.10 bits per heavy atom. The molecule has 5 heteroatoms. The topological polar surface area (TPSA) is 38.8 Å². The standard InChI is InChI=1S/C15H22BrNO3/c1-5-17(11(2)10-19-3)9-14(18)12-6-7-15(20-4)13(16)8-12/h6-8,11H,5,9-10H2,1-4H3. The van der Waals surface area contributed by atoms with E-state index in [9.17, 15) is 4.79 Å². The maximum atomic E-state index is 12.3. The summed E-state index contributed by atoms with van der Waals surface area (Å²) in [5.74, 6) is 0.819. The number of nitrogens with zero attached hydrogens (tertiary/aromatic N) is 1. The Hall–Kier alpha value is -0.910. The Bertz CT molecular complexity index is 451. The van der Waals surface area contributed by atoms with Crippen molar-refractivity contribution < 1.29 is 14.3 Å². The number of halogens is 1. The number of rotatable bonds is 8. The molecule has 1 unspecified atom stereocenters. The van der Waals surface area contributed by atoms with Gasteiger partial charge in [0.1, 0.15) is 5.75 Å². The molecule has 20 heavy (non-hydrogen) atoms. The lowest BCUT2D eigenvalue weighted by atomic mass is 10.1. The van der Waals surface area contributed by atoms with E-state index in [1.54, 1.807) is 32.4 Å². The molecule has 1 rings (SSSR count). The summed E-state index contributed by atoms with van der Waals surface area (Å²) in [6, 6.07) is 5.61. The van der Waals surface area contributed by atoms with Crippen molar-refractivity contribution in [1.82, 2.24) is 4.90 Å². The molecule has 1 aromatic rings. The molecular weight excluding hydrogens is 322 g/mol. The van der Waals surface area contributed by atoms with Crippen LogP contribution in [0.15, 0.2) is 22.7 Å². The van der Waals surface area contributed by atoms with Gasteiger partial charge in [0.25, 0.3) is 0 Å². The zero-order valence-corrected chi connectivity index (χ0v) is 14.1. The lowest BCUT2D eigenvalue weighted by Crippen LogP contribution is -2.39. The van der Waals surface area contributed by atoms with Gasteiger partial charge >= 0.3 is 0 Å². The summed E-state index contributed by atoms with van der Waals surface area (Å²) in [5, 5.41) is 0. The number of carbonyl (C=O) groups is 1. The van der Waals surface area contributed by atoms with Gasteiger partial charge in [0.05, 0.1) is 24.7 Å². The first kappa shape index (κ1) is 17.1. The van der Waals surface area contributed by atoms with Gasteiger partial charge in [-0.2, -0.15) is 0 Å². The summed E-state index contributed by atoms with van der Waals surface area (Å²) < 4.78 is 11.1. The van der Waals surface area contributed by atoms with Gasteiger partial charge in [-0.15, -0.1) is 0 Å². The van der Waals surface area contributed by atoms with Crippen LogP contribution in [-0.4, -0.2) is 50.6 Å². The summed E-state index contributed by atoms with van der Waals surface area (Å²) in [7, 11) is 3.28. The van der Waals surface area contributed by atoms with Crippen LogP contribution in [-0.2, 0) is 4.74 Å². The SMILES string of the molecule is CCN(CC(=O)c1ccc(OC)c(Br)c1)C(C)COC. The van der Waals surface area contributed by atoms with Crippen molar-refractivity contribution in [2.45, 2.75) is 19.9 Å². The third-order valence-electron chi connectivity index (χ3n) is 3.26. The van der Waals surface area contributed by atoms with E-state index in [4.69, 9.17) is 9.47 Å². The number of benzene rings is 1. The summed E-state index contributed by atoms with van der Waals surface area (Å²) in [6.45, 7) is 5.93. The van der Waals surface area contributed by atoms with Crippen molar-refractivity contribution in [3.05, 3.63) is 28.2 Å². The molecule has 0 heterocycles. The quantitative estimate of drug-likeness (QED) is 0.680. The lowest BCUT2D eigenvalue weighted by Gasteiger charge is -2.26. The average Bonchev–Trinajstić information content (AvgIpc) is 2.44. The molecule has 0 saturated carbocycles. The number of carbonyl (C=O) groups excluding carboxylic acids is 1. The highest BCUT2D eigenvalue weighted by Gasteiger charge is 2.17. The van der Waals surface area contributed by atoms with Crippen LogP contribution in [0.5, 0.6) is 5.75 Å². The van der Waals surface area contributed by atoms with E-state index in [1.807, 2.05) is 6.92 Å². The van der Waals surface area contributed by atoms with Crippen LogP contribution in [0.1, 0.15) is 24.2 Å². The Kier molecular flexibility index (Phi) is 7.19. The van der Waals surface area contributed by atoms with E-state index in [0.717, 1.165) is 16.8 Å². The molecule has 0 aromatic heterocycles.